The lowest BCUT2D eigenvalue weighted by Gasteiger charge is -2.28. The quantitative estimate of drug-likeness (QED) is 0.773. The minimum atomic E-state index is 0. The molecule has 0 aromatic heterocycles. The summed E-state index contributed by atoms with van der Waals surface area (Å²) in [5.74, 6) is 3.39. The second-order valence-corrected chi connectivity index (χ2v) is 5.41. The first-order valence-electron chi connectivity index (χ1n) is 4.74. The van der Waals surface area contributed by atoms with Crippen LogP contribution in [-0.2, 0) is 4.79 Å². The van der Waals surface area contributed by atoms with Crippen LogP contribution < -0.4 is 0 Å². The molecule has 2 rings (SSSR count). The fourth-order valence-corrected chi connectivity index (χ4v) is 3.11. The first-order chi connectivity index (χ1) is 6.86. The fraction of sp³-hybridized carbons (Fsp3) is 0.667. The zero-order valence-corrected chi connectivity index (χ0v) is 11.8. The zero-order chi connectivity index (χ0) is 9.80. The van der Waals surface area contributed by atoms with Crippen LogP contribution in [0.3, 0.4) is 0 Å². The van der Waals surface area contributed by atoms with Gasteiger partial charge >= 0.3 is 0 Å². The second kappa shape index (κ2) is 6.70. The Labute approximate surface area is 109 Å². The van der Waals surface area contributed by atoms with Crippen molar-refractivity contribution in [3.8, 4) is 0 Å². The van der Waals surface area contributed by atoms with Crippen LogP contribution in [-0.4, -0.2) is 52.7 Å². The van der Waals surface area contributed by atoms with Gasteiger partial charge < -0.3 is 9.80 Å². The highest BCUT2D eigenvalue weighted by Gasteiger charge is 2.18. The van der Waals surface area contributed by atoms with E-state index in [1.165, 1.54) is 0 Å². The van der Waals surface area contributed by atoms with E-state index in [1.54, 1.807) is 11.8 Å². The van der Waals surface area contributed by atoms with Crippen molar-refractivity contribution in [3.63, 3.8) is 0 Å². The molecule has 2 heterocycles. The van der Waals surface area contributed by atoms with Crippen molar-refractivity contribution < 1.29 is 4.79 Å². The van der Waals surface area contributed by atoms with Crippen molar-refractivity contribution in [2.75, 3.05) is 37.0 Å². The Morgan fingerprint density at radius 1 is 1.33 bits per heavy atom. The molecule has 0 spiro atoms. The monoisotopic (exact) mass is 310 g/mol. The third-order valence-corrected chi connectivity index (χ3v) is 4.05. The maximum absolute atomic E-state index is 11.8. The highest BCUT2D eigenvalue weighted by atomic mass is 79.9. The molecule has 2 aliphatic heterocycles. The summed E-state index contributed by atoms with van der Waals surface area (Å²) in [5, 5.41) is 2.04. The first-order valence-corrected chi connectivity index (χ1v) is 6.94. The Kier molecular flexibility index (Phi) is 5.92. The summed E-state index contributed by atoms with van der Waals surface area (Å²) in [5.41, 5.74) is 0. The van der Waals surface area contributed by atoms with Crippen molar-refractivity contribution in [2.24, 2.45) is 0 Å². The SMILES string of the molecule is Br.O=C(CN1C=CSC1)N1CCSCC1. The predicted molar refractivity (Wildman–Crippen MR) is 72.5 cm³/mol. The molecule has 0 aromatic rings. The molecular formula is C9H15BrN2OS2. The van der Waals surface area contributed by atoms with Gasteiger partial charge in [0.25, 0.3) is 0 Å². The molecule has 15 heavy (non-hydrogen) atoms. The molecule has 86 valence electrons. The predicted octanol–water partition coefficient (Wildman–Crippen LogP) is 1.62. The van der Waals surface area contributed by atoms with Gasteiger partial charge in [0.1, 0.15) is 0 Å². The molecule has 1 amide bonds. The number of thioether (sulfide) groups is 2. The first kappa shape index (κ1) is 13.3. The molecule has 0 unspecified atom stereocenters. The Balaban J connectivity index is 0.00000112. The number of halogens is 1. The summed E-state index contributed by atoms with van der Waals surface area (Å²) in [6.45, 7) is 2.40. The van der Waals surface area contributed by atoms with Gasteiger partial charge in [0.15, 0.2) is 0 Å². The number of hydrogen-bond donors (Lipinski definition) is 0. The van der Waals surface area contributed by atoms with Gasteiger partial charge in [-0.2, -0.15) is 11.8 Å². The number of carbonyl (C=O) groups excluding carboxylic acids is 1. The van der Waals surface area contributed by atoms with Gasteiger partial charge in [-0.15, -0.1) is 28.7 Å². The summed E-state index contributed by atoms with van der Waals surface area (Å²) in [6, 6.07) is 0. The standard InChI is InChI=1S/C9H14N2OS2.BrH/c12-9(7-10-1-4-14-8-10)11-2-5-13-6-3-11;/h1,4H,2-3,5-8H2;1H. The third kappa shape index (κ3) is 3.92. The Morgan fingerprint density at radius 2 is 2.07 bits per heavy atom. The van der Waals surface area contributed by atoms with E-state index in [9.17, 15) is 4.79 Å². The normalized spacial score (nSPS) is 20.3. The molecular weight excluding hydrogens is 296 g/mol. The van der Waals surface area contributed by atoms with Gasteiger partial charge in [0, 0.05) is 30.8 Å². The van der Waals surface area contributed by atoms with Crippen LogP contribution in [0, 0.1) is 0 Å². The van der Waals surface area contributed by atoms with Crippen LogP contribution >= 0.6 is 40.5 Å². The molecule has 2 aliphatic rings. The maximum Gasteiger partial charge on any atom is 0.242 e. The fourth-order valence-electron chi connectivity index (χ4n) is 1.50. The molecule has 0 atom stereocenters. The lowest BCUT2D eigenvalue weighted by molar-refractivity contribution is -0.131. The zero-order valence-electron chi connectivity index (χ0n) is 8.42. The number of nitrogens with zero attached hydrogens (tertiary/aromatic N) is 2. The van der Waals surface area contributed by atoms with E-state index in [4.69, 9.17) is 0 Å². The minimum absolute atomic E-state index is 0. The van der Waals surface area contributed by atoms with Gasteiger partial charge in [-0.05, 0) is 5.41 Å². The van der Waals surface area contributed by atoms with Crippen molar-refractivity contribution in [3.05, 3.63) is 11.6 Å². The molecule has 6 heteroatoms. The van der Waals surface area contributed by atoms with Crippen LogP contribution in [0.15, 0.2) is 11.6 Å². The molecule has 0 saturated carbocycles. The third-order valence-electron chi connectivity index (χ3n) is 2.31. The van der Waals surface area contributed by atoms with E-state index in [2.05, 4.69) is 4.90 Å². The molecule has 0 aliphatic carbocycles. The topological polar surface area (TPSA) is 23.6 Å². The van der Waals surface area contributed by atoms with Gasteiger partial charge in [-0.1, -0.05) is 0 Å². The molecule has 1 saturated heterocycles. The van der Waals surface area contributed by atoms with E-state index >= 15 is 0 Å². The van der Waals surface area contributed by atoms with Crippen molar-refractivity contribution in [2.45, 2.75) is 0 Å². The van der Waals surface area contributed by atoms with Gasteiger partial charge in [-0.25, -0.2) is 0 Å². The van der Waals surface area contributed by atoms with E-state index in [0.29, 0.717) is 6.54 Å². The van der Waals surface area contributed by atoms with Gasteiger partial charge in [0.05, 0.1) is 12.4 Å². The largest absolute Gasteiger partial charge is 0.358 e. The number of amides is 1. The number of hydrogen-bond acceptors (Lipinski definition) is 4. The van der Waals surface area contributed by atoms with E-state index in [-0.39, 0.29) is 22.9 Å². The van der Waals surface area contributed by atoms with E-state index in [1.807, 2.05) is 28.3 Å². The summed E-state index contributed by atoms with van der Waals surface area (Å²) in [6.07, 6.45) is 2.00. The lowest BCUT2D eigenvalue weighted by atomic mass is 10.4. The lowest BCUT2D eigenvalue weighted by Crippen LogP contribution is -2.42. The highest BCUT2D eigenvalue weighted by Crippen LogP contribution is 2.15. The molecule has 0 N–H and O–H groups in total. The number of rotatable bonds is 2. The van der Waals surface area contributed by atoms with Crippen LogP contribution in [0.4, 0.5) is 0 Å². The molecule has 0 aromatic carbocycles. The van der Waals surface area contributed by atoms with Crippen LogP contribution in [0.2, 0.25) is 0 Å². The summed E-state index contributed by atoms with van der Waals surface area (Å²) in [7, 11) is 0. The van der Waals surface area contributed by atoms with Gasteiger partial charge in [0.2, 0.25) is 5.91 Å². The molecule has 0 radical (unpaired) electrons. The Bertz CT molecular complexity index is 244. The molecule has 1 fully saturated rings. The summed E-state index contributed by atoms with van der Waals surface area (Å²) >= 11 is 3.67. The maximum atomic E-state index is 11.8. The van der Waals surface area contributed by atoms with Crippen molar-refractivity contribution in [1.29, 1.82) is 0 Å². The van der Waals surface area contributed by atoms with Gasteiger partial charge in [-0.3, -0.25) is 4.79 Å². The Hall–Kier alpha value is 0.190. The number of carbonyl (C=O) groups is 1. The highest BCUT2D eigenvalue weighted by molar-refractivity contribution is 8.93. The van der Waals surface area contributed by atoms with Crippen molar-refractivity contribution >= 4 is 46.4 Å². The van der Waals surface area contributed by atoms with Crippen LogP contribution in [0.5, 0.6) is 0 Å². The van der Waals surface area contributed by atoms with Crippen molar-refractivity contribution in [1.82, 2.24) is 9.80 Å². The smallest absolute Gasteiger partial charge is 0.242 e. The van der Waals surface area contributed by atoms with E-state index in [0.717, 1.165) is 30.5 Å². The molecule has 3 nitrogen and oxygen atoms in total. The Morgan fingerprint density at radius 3 is 2.67 bits per heavy atom. The second-order valence-electron chi connectivity index (χ2n) is 3.32. The van der Waals surface area contributed by atoms with Crippen LogP contribution in [0.25, 0.3) is 0 Å². The minimum Gasteiger partial charge on any atom is -0.358 e. The average molecular weight is 311 g/mol. The summed E-state index contributed by atoms with van der Waals surface area (Å²) in [4.78, 5) is 15.8. The summed E-state index contributed by atoms with van der Waals surface area (Å²) < 4.78 is 0. The van der Waals surface area contributed by atoms with Crippen LogP contribution in [0.1, 0.15) is 0 Å². The molecule has 0 bridgehead atoms. The van der Waals surface area contributed by atoms with E-state index < -0.39 is 0 Å². The average Bonchev–Trinajstić information content (AvgIpc) is 2.72.